The Labute approximate surface area is 85.8 Å². The normalized spacial score (nSPS) is 10.7. The van der Waals surface area contributed by atoms with Gasteiger partial charge < -0.3 is 0 Å². The number of aromatic nitrogens is 4. The van der Waals surface area contributed by atoms with Crippen molar-refractivity contribution in [2.45, 2.75) is 0 Å². The second kappa shape index (κ2) is 4.28. The molecule has 1 heterocycles. The highest BCUT2D eigenvalue weighted by Gasteiger charge is 2.00. The van der Waals surface area contributed by atoms with E-state index in [0.717, 1.165) is 0 Å². The second-order valence-electron chi connectivity index (χ2n) is 2.83. The molecule has 74 valence electrons. The van der Waals surface area contributed by atoms with Crippen molar-refractivity contribution >= 4 is 11.9 Å². The summed E-state index contributed by atoms with van der Waals surface area (Å²) in [6.07, 6.45) is 2.93. The number of benzene rings is 1. The number of ketones is 1. The van der Waals surface area contributed by atoms with Gasteiger partial charge in [-0.25, -0.2) is 0 Å². The van der Waals surface area contributed by atoms with Crippen molar-refractivity contribution < 1.29 is 4.79 Å². The van der Waals surface area contributed by atoms with E-state index >= 15 is 0 Å². The number of H-pyrrole nitrogens is 1. The lowest BCUT2D eigenvalue weighted by atomic mass is 10.1. The fourth-order valence-corrected chi connectivity index (χ4v) is 1.09. The Hall–Kier alpha value is -2.30. The Morgan fingerprint density at radius 1 is 1.27 bits per heavy atom. The first-order valence-electron chi connectivity index (χ1n) is 4.37. The number of carbonyl (C=O) groups is 1. The maximum Gasteiger partial charge on any atom is 0.197 e. The summed E-state index contributed by atoms with van der Waals surface area (Å²) in [6.45, 7) is 0. The lowest BCUT2D eigenvalue weighted by Crippen LogP contribution is -1.92. The maximum atomic E-state index is 11.6. The minimum Gasteiger partial charge on any atom is -0.289 e. The first kappa shape index (κ1) is 9.26. The predicted octanol–water partition coefficient (Wildman–Crippen LogP) is 1.10. The van der Waals surface area contributed by atoms with Gasteiger partial charge in [0.05, 0.1) is 0 Å². The Balaban J connectivity index is 2.11. The molecule has 1 N–H and O–H groups in total. The molecule has 0 aliphatic heterocycles. The van der Waals surface area contributed by atoms with E-state index in [9.17, 15) is 4.79 Å². The maximum absolute atomic E-state index is 11.6. The Morgan fingerprint density at radius 2 is 2.07 bits per heavy atom. The zero-order valence-electron chi connectivity index (χ0n) is 7.79. The minimum atomic E-state index is -0.0830. The zero-order chi connectivity index (χ0) is 10.5. The van der Waals surface area contributed by atoms with Gasteiger partial charge in [-0.2, -0.15) is 5.21 Å². The van der Waals surface area contributed by atoms with E-state index in [1.807, 2.05) is 18.2 Å². The highest BCUT2D eigenvalue weighted by atomic mass is 16.1. The van der Waals surface area contributed by atoms with E-state index < -0.39 is 0 Å². The van der Waals surface area contributed by atoms with Crippen molar-refractivity contribution in [3.05, 3.63) is 47.8 Å². The quantitative estimate of drug-likeness (QED) is 0.594. The Bertz CT molecular complexity index is 461. The van der Waals surface area contributed by atoms with Crippen LogP contribution in [-0.4, -0.2) is 26.4 Å². The highest BCUT2D eigenvalue weighted by molar-refractivity contribution is 6.06. The van der Waals surface area contributed by atoms with Crippen molar-refractivity contribution in [2.75, 3.05) is 0 Å². The third-order valence-electron chi connectivity index (χ3n) is 1.80. The number of aromatic amines is 1. The first-order valence-corrected chi connectivity index (χ1v) is 4.37. The third-order valence-corrected chi connectivity index (χ3v) is 1.80. The number of carbonyl (C=O) groups excluding carboxylic acids is 1. The summed E-state index contributed by atoms with van der Waals surface area (Å²) in [4.78, 5) is 11.6. The van der Waals surface area contributed by atoms with Crippen LogP contribution in [0.1, 0.15) is 16.2 Å². The smallest absolute Gasteiger partial charge is 0.197 e. The average Bonchev–Trinajstić information content (AvgIpc) is 2.80. The lowest BCUT2D eigenvalue weighted by molar-refractivity contribution is 0.104. The van der Waals surface area contributed by atoms with Gasteiger partial charge in [-0.3, -0.25) is 4.79 Å². The molecule has 1 aromatic carbocycles. The van der Waals surface area contributed by atoms with Gasteiger partial charge in [-0.1, -0.05) is 30.3 Å². The third kappa shape index (κ3) is 2.34. The molecular formula is C10H8N4O. The van der Waals surface area contributed by atoms with E-state index in [0.29, 0.717) is 11.4 Å². The van der Waals surface area contributed by atoms with Gasteiger partial charge in [-0.15, -0.1) is 10.2 Å². The Kier molecular flexibility index (Phi) is 2.64. The zero-order valence-corrected chi connectivity index (χ0v) is 7.79. The van der Waals surface area contributed by atoms with Gasteiger partial charge in [0.2, 0.25) is 0 Å². The largest absolute Gasteiger partial charge is 0.289 e. The van der Waals surface area contributed by atoms with Crippen LogP contribution >= 0.6 is 0 Å². The topological polar surface area (TPSA) is 71.5 Å². The SMILES string of the molecule is O=C(/C=C/c1nn[nH]n1)c1ccccc1. The summed E-state index contributed by atoms with van der Waals surface area (Å²) in [7, 11) is 0. The van der Waals surface area contributed by atoms with Crippen molar-refractivity contribution in [2.24, 2.45) is 0 Å². The molecule has 2 aromatic rings. The number of hydrogen-bond donors (Lipinski definition) is 1. The average molecular weight is 200 g/mol. The number of rotatable bonds is 3. The molecule has 0 fully saturated rings. The first-order chi connectivity index (χ1) is 7.36. The van der Waals surface area contributed by atoms with Gasteiger partial charge in [-0.05, 0) is 17.4 Å². The monoisotopic (exact) mass is 200 g/mol. The molecule has 0 amide bonds. The van der Waals surface area contributed by atoms with Crippen molar-refractivity contribution in [3.8, 4) is 0 Å². The summed E-state index contributed by atoms with van der Waals surface area (Å²) in [6, 6.07) is 9.00. The minimum absolute atomic E-state index is 0.0830. The summed E-state index contributed by atoms with van der Waals surface area (Å²) < 4.78 is 0. The van der Waals surface area contributed by atoms with E-state index in [2.05, 4.69) is 20.6 Å². The molecular weight excluding hydrogens is 192 g/mol. The molecule has 0 saturated carbocycles. The second-order valence-corrected chi connectivity index (χ2v) is 2.83. The van der Waals surface area contributed by atoms with Crippen LogP contribution in [0.3, 0.4) is 0 Å². The predicted molar refractivity (Wildman–Crippen MR) is 54.0 cm³/mol. The van der Waals surface area contributed by atoms with Crippen LogP contribution in [0.5, 0.6) is 0 Å². The molecule has 1 aromatic heterocycles. The molecule has 0 unspecified atom stereocenters. The van der Waals surface area contributed by atoms with Crippen LogP contribution in [0.2, 0.25) is 0 Å². The lowest BCUT2D eigenvalue weighted by Gasteiger charge is -1.92. The molecule has 2 rings (SSSR count). The molecule has 0 saturated heterocycles. The number of nitrogens with zero attached hydrogens (tertiary/aromatic N) is 3. The van der Waals surface area contributed by atoms with Gasteiger partial charge in [0, 0.05) is 5.56 Å². The molecule has 0 atom stereocenters. The number of nitrogens with one attached hydrogen (secondary N) is 1. The standard InChI is InChI=1S/C10H8N4O/c15-9(8-4-2-1-3-5-8)6-7-10-11-13-14-12-10/h1-7H,(H,11,12,13,14)/b7-6+. The molecule has 15 heavy (non-hydrogen) atoms. The molecule has 0 bridgehead atoms. The molecule has 0 aliphatic rings. The van der Waals surface area contributed by atoms with Gasteiger partial charge >= 0.3 is 0 Å². The number of hydrogen-bond acceptors (Lipinski definition) is 4. The number of tetrazole rings is 1. The summed E-state index contributed by atoms with van der Waals surface area (Å²) in [5.41, 5.74) is 0.636. The molecule has 0 radical (unpaired) electrons. The van der Waals surface area contributed by atoms with E-state index in [1.54, 1.807) is 12.1 Å². The van der Waals surface area contributed by atoms with E-state index in [-0.39, 0.29) is 5.78 Å². The van der Waals surface area contributed by atoms with Gasteiger partial charge in [0.25, 0.3) is 0 Å². The van der Waals surface area contributed by atoms with Crippen LogP contribution in [0.15, 0.2) is 36.4 Å². The molecule has 5 heteroatoms. The molecule has 0 aliphatic carbocycles. The number of allylic oxidation sites excluding steroid dienone is 1. The highest BCUT2D eigenvalue weighted by Crippen LogP contribution is 2.01. The van der Waals surface area contributed by atoms with E-state index in [4.69, 9.17) is 0 Å². The Morgan fingerprint density at radius 3 is 2.73 bits per heavy atom. The van der Waals surface area contributed by atoms with Crippen LogP contribution in [-0.2, 0) is 0 Å². The van der Waals surface area contributed by atoms with Crippen LogP contribution in [0.4, 0.5) is 0 Å². The molecule has 5 nitrogen and oxygen atoms in total. The van der Waals surface area contributed by atoms with Crippen LogP contribution < -0.4 is 0 Å². The summed E-state index contributed by atoms with van der Waals surface area (Å²) >= 11 is 0. The van der Waals surface area contributed by atoms with Crippen molar-refractivity contribution in [3.63, 3.8) is 0 Å². The van der Waals surface area contributed by atoms with Crippen LogP contribution in [0.25, 0.3) is 6.08 Å². The fourth-order valence-electron chi connectivity index (χ4n) is 1.09. The van der Waals surface area contributed by atoms with Gasteiger partial charge in [0.1, 0.15) is 0 Å². The van der Waals surface area contributed by atoms with Crippen LogP contribution in [0, 0.1) is 0 Å². The van der Waals surface area contributed by atoms with Crippen molar-refractivity contribution in [1.29, 1.82) is 0 Å². The van der Waals surface area contributed by atoms with Crippen molar-refractivity contribution in [1.82, 2.24) is 20.6 Å². The van der Waals surface area contributed by atoms with E-state index in [1.165, 1.54) is 12.2 Å². The summed E-state index contributed by atoms with van der Waals surface area (Å²) in [5, 5.41) is 13.1. The van der Waals surface area contributed by atoms with Gasteiger partial charge in [0.15, 0.2) is 11.6 Å². The fraction of sp³-hybridized carbons (Fsp3) is 0. The molecule has 0 spiro atoms. The summed E-state index contributed by atoms with van der Waals surface area (Å²) in [5.74, 6) is 0.305.